The Bertz CT molecular complexity index is 623. The Morgan fingerprint density at radius 3 is 2.39 bits per heavy atom. The molecule has 1 amide bonds. The molecule has 6 heteroatoms. The summed E-state index contributed by atoms with van der Waals surface area (Å²) in [7, 11) is 3.00. The second-order valence-electron chi connectivity index (χ2n) is 5.96. The van der Waals surface area contributed by atoms with Gasteiger partial charge in [-0.15, -0.1) is 6.58 Å². The van der Waals surface area contributed by atoms with E-state index in [1.165, 1.54) is 18.1 Å². The van der Waals surface area contributed by atoms with Crippen molar-refractivity contribution >= 4 is 23.8 Å². The third-order valence-electron chi connectivity index (χ3n) is 3.00. The first-order chi connectivity index (χ1) is 10.7. The second kappa shape index (κ2) is 7.17. The lowest BCUT2D eigenvalue weighted by atomic mass is 10.2. The number of esters is 1. The molecule has 0 bridgehead atoms. The predicted molar refractivity (Wildman–Crippen MR) is 90.6 cm³/mol. The molecule has 1 rings (SSSR count). The number of amides is 1. The van der Waals surface area contributed by atoms with Crippen molar-refractivity contribution in [2.24, 2.45) is 7.05 Å². The molecule has 23 heavy (non-hydrogen) atoms. The lowest BCUT2D eigenvalue weighted by Gasteiger charge is -2.26. The number of aryl methyl sites for hydroxylation is 1. The van der Waals surface area contributed by atoms with E-state index < -0.39 is 17.7 Å². The molecule has 0 aromatic carbocycles. The normalized spacial score (nSPS) is 10.8. The van der Waals surface area contributed by atoms with Gasteiger partial charge in [-0.25, -0.2) is 9.59 Å². The Balaban J connectivity index is 3.38. The van der Waals surface area contributed by atoms with Gasteiger partial charge in [0.1, 0.15) is 11.3 Å². The minimum absolute atomic E-state index is 0.236. The number of anilines is 1. The zero-order chi connectivity index (χ0) is 17.8. The van der Waals surface area contributed by atoms with Crippen molar-refractivity contribution in [3.05, 3.63) is 36.7 Å². The van der Waals surface area contributed by atoms with Gasteiger partial charge in [-0.3, -0.25) is 4.90 Å². The molecule has 0 unspecified atom stereocenters. The topological polar surface area (TPSA) is 60.8 Å². The van der Waals surface area contributed by atoms with Gasteiger partial charge in [-0.2, -0.15) is 0 Å². The molecule has 1 aromatic rings. The van der Waals surface area contributed by atoms with Crippen LogP contribution in [-0.2, 0) is 16.5 Å². The highest BCUT2D eigenvalue weighted by atomic mass is 16.6. The smallest absolute Gasteiger partial charge is 0.415 e. The van der Waals surface area contributed by atoms with Crippen LogP contribution in [-0.4, -0.2) is 35.9 Å². The van der Waals surface area contributed by atoms with Crippen molar-refractivity contribution in [2.45, 2.75) is 26.4 Å². The zero-order valence-electron chi connectivity index (χ0n) is 14.4. The monoisotopic (exact) mass is 320 g/mol. The van der Waals surface area contributed by atoms with Crippen LogP contribution in [0.25, 0.3) is 6.08 Å². The number of hydrogen-bond acceptors (Lipinski definition) is 4. The predicted octanol–water partition coefficient (Wildman–Crippen LogP) is 3.38. The van der Waals surface area contributed by atoms with Gasteiger partial charge in [0, 0.05) is 25.4 Å². The summed E-state index contributed by atoms with van der Waals surface area (Å²) in [6.07, 6.45) is 4.24. The Morgan fingerprint density at radius 2 is 1.96 bits per heavy atom. The number of rotatable bonds is 5. The van der Waals surface area contributed by atoms with Crippen LogP contribution >= 0.6 is 0 Å². The second-order valence-corrected chi connectivity index (χ2v) is 5.96. The first-order valence-electron chi connectivity index (χ1n) is 7.17. The maximum atomic E-state index is 12.5. The molecule has 1 heterocycles. The lowest BCUT2D eigenvalue weighted by Crippen LogP contribution is -2.37. The van der Waals surface area contributed by atoms with E-state index in [1.807, 2.05) is 0 Å². The van der Waals surface area contributed by atoms with Crippen molar-refractivity contribution in [2.75, 3.05) is 18.6 Å². The third kappa shape index (κ3) is 4.25. The fourth-order valence-corrected chi connectivity index (χ4v) is 2.11. The molecule has 0 radical (unpaired) electrons. The molecule has 0 aliphatic carbocycles. The third-order valence-corrected chi connectivity index (χ3v) is 3.00. The van der Waals surface area contributed by atoms with E-state index in [2.05, 4.69) is 13.2 Å². The molecule has 0 spiro atoms. The van der Waals surface area contributed by atoms with Gasteiger partial charge < -0.3 is 14.0 Å². The maximum absolute atomic E-state index is 12.5. The summed E-state index contributed by atoms with van der Waals surface area (Å²) in [5.74, 6) is -0.503. The van der Waals surface area contributed by atoms with Crippen LogP contribution < -0.4 is 4.90 Å². The summed E-state index contributed by atoms with van der Waals surface area (Å²) in [6.45, 7) is 13.0. The van der Waals surface area contributed by atoms with Gasteiger partial charge in [-0.1, -0.05) is 18.7 Å². The van der Waals surface area contributed by atoms with Crippen LogP contribution in [0.15, 0.2) is 25.4 Å². The number of carbonyl (C=O) groups is 2. The van der Waals surface area contributed by atoms with E-state index in [4.69, 9.17) is 9.47 Å². The van der Waals surface area contributed by atoms with Crippen LogP contribution in [0.2, 0.25) is 0 Å². The summed E-state index contributed by atoms with van der Waals surface area (Å²) < 4.78 is 11.8. The molecule has 0 N–H and O–H groups in total. The van der Waals surface area contributed by atoms with Gasteiger partial charge in [0.2, 0.25) is 0 Å². The number of methoxy groups -OCH3 is 1. The van der Waals surface area contributed by atoms with E-state index in [9.17, 15) is 9.59 Å². The number of carbonyl (C=O) groups excluding carboxylic acids is 2. The van der Waals surface area contributed by atoms with Gasteiger partial charge >= 0.3 is 12.1 Å². The average Bonchev–Trinajstić information content (AvgIpc) is 2.78. The van der Waals surface area contributed by atoms with Crippen molar-refractivity contribution in [1.29, 1.82) is 0 Å². The van der Waals surface area contributed by atoms with Crippen LogP contribution in [0.1, 0.15) is 36.8 Å². The summed E-state index contributed by atoms with van der Waals surface area (Å²) in [5.41, 5.74) is 0.698. The lowest BCUT2D eigenvalue weighted by molar-refractivity contribution is 0.0574. The van der Waals surface area contributed by atoms with Crippen LogP contribution in [0.3, 0.4) is 0 Å². The number of aromatic nitrogens is 1. The Morgan fingerprint density at radius 1 is 1.35 bits per heavy atom. The summed E-state index contributed by atoms with van der Waals surface area (Å²) in [4.78, 5) is 25.8. The van der Waals surface area contributed by atoms with E-state index >= 15 is 0 Å². The summed E-state index contributed by atoms with van der Waals surface area (Å²) >= 11 is 0. The molecule has 126 valence electrons. The van der Waals surface area contributed by atoms with Crippen LogP contribution in [0.5, 0.6) is 0 Å². The fraction of sp³-hybridized carbons (Fsp3) is 0.412. The van der Waals surface area contributed by atoms with Gasteiger partial charge in [-0.05, 0) is 20.8 Å². The average molecular weight is 320 g/mol. The van der Waals surface area contributed by atoms with Crippen molar-refractivity contribution < 1.29 is 19.1 Å². The molecule has 6 nitrogen and oxygen atoms in total. The maximum Gasteiger partial charge on any atom is 0.415 e. The summed E-state index contributed by atoms with van der Waals surface area (Å²) in [6, 6.07) is 0. The molecule has 0 aliphatic heterocycles. The highest BCUT2D eigenvalue weighted by molar-refractivity contribution is 5.99. The Kier molecular flexibility index (Phi) is 5.79. The molecule has 0 fully saturated rings. The van der Waals surface area contributed by atoms with Crippen molar-refractivity contribution in [3.63, 3.8) is 0 Å². The molecule has 1 aromatic heterocycles. The zero-order valence-corrected chi connectivity index (χ0v) is 14.4. The molecule has 0 atom stereocenters. The van der Waals surface area contributed by atoms with E-state index in [-0.39, 0.29) is 6.54 Å². The highest BCUT2D eigenvalue weighted by Gasteiger charge is 2.28. The molecular formula is C17H24N2O4. The number of ether oxygens (including phenoxy) is 2. The van der Waals surface area contributed by atoms with E-state index in [0.29, 0.717) is 16.9 Å². The van der Waals surface area contributed by atoms with Crippen LogP contribution in [0, 0.1) is 0 Å². The van der Waals surface area contributed by atoms with Gasteiger partial charge in [0.05, 0.1) is 12.8 Å². The Hall–Kier alpha value is -2.50. The quantitative estimate of drug-likeness (QED) is 0.616. The number of nitrogens with zero attached hydrogens (tertiary/aromatic N) is 2. The minimum atomic E-state index is -0.634. The van der Waals surface area contributed by atoms with Crippen LogP contribution in [0.4, 0.5) is 10.5 Å². The van der Waals surface area contributed by atoms with Gasteiger partial charge in [0.25, 0.3) is 0 Å². The largest absolute Gasteiger partial charge is 0.464 e. The first-order valence-corrected chi connectivity index (χ1v) is 7.17. The van der Waals surface area contributed by atoms with Gasteiger partial charge in [0.15, 0.2) is 0 Å². The molecule has 0 aliphatic rings. The molecular weight excluding hydrogens is 296 g/mol. The standard InChI is InChI=1S/C17H24N2O4/c1-8-10-19(16(21)23-17(3,4)5)13-11-18(6)14(12(13)9-2)15(20)22-7/h8-9,11H,1-2,10H2,3-7H3. The minimum Gasteiger partial charge on any atom is -0.464 e. The van der Waals surface area contributed by atoms with Crippen molar-refractivity contribution in [3.8, 4) is 0 Å². The van der Waals surface area contributed by atoms with E-state index in [0.717, 1.165) is 0 Å². The molecule has 0 saturated heterocycles. The SMILES string of the molecule is C=CCN(C(=O)OC(C)(C)C)c1cn(C)c(C(=O)OC)c1C=C. The molecule has 0 saturated carbocycles. The summed E-state index contributed by atoms with van der Waals surface area (Å²) in [5, 5.41) is 0. The highest BCUT2D eigenvalue weighted by Crippen LogP contribution is 2.29. The van der Waals surface area contributed by atoms with Crippen molar-refractivity contribution in [1.82, 2.24) is 4.57 Å². The fourth-order valence-electron chi connectivity index (χ4n) is 2.11. The number of hydrogen-bond donors (Lipinski definition) is 0. The first kappa shape index (κ1) is 18.5. The Labute approximate surface area is 137 Å². The van der Waals surface area contributed by atoms with E-state index in [1.54, 1.807) is 44.7 Å².